The minimum absolute atomic E-state index is 0.289. The Balaban J connectivity index is 1.97. The van der Waals surface area contributed by atoms with E-state index in [2.05, 4.69) is 10.6 Å². The van der Waals surface area contributed by atoms with Crippen LogP contribution in [0.1, 0.15) is 32.7 Å². The van der Waals surface area contributed by atoms with Gasteiger partial charge in [-0.2, -0.15) is 0 Å². The Morgan fingerprint density at radius 3 is 1.59 bits per heavy atom. The molecule has 2 amide bonds. The number of amides is 2. The van der Waals surface area contributed by atoms with Gasteiger partial charge in [-0.15, -0.1) is 0 Å². The molecule has 3 rings (SSSR count). The van der Waals surface area contributed by atoms with Crippen molar-refractivity contribution in [2.24, 2.45) is 5.92 Å². The molecule has 2 N–H and O–H groups in total. The lowest BCUT2D eigenvalue weighted by molar-refractivity contribution is -0.155. The van der Waals surface area contributed by atoms with Gasteiger partial charge in [0.2, 0.25) is 0 Å². The highest BCUT2D eigenvalue weighted by molar-refractivity contribution is 5.98. The highest BCUT2D eigenvalue weighted by atomic mass is 16.5. The fourth-order valence-corrected chi connectivity index (χ4v) is 4.05. The van der Waals surface area contributed by atoms with Gasteiger partial charge in [-0.3, -0.25) is 14.4 Å². The van der Waals surface area contributed by atoms with Crippen LogP contribution in [0, 0.1) is 5.92 Å². The lowest BCUT2D eigenvalue weighted by Gasteiger charge is -2.31. The van der Waals surface area contributed by atoms with Gasteiger partial charge in [0.05, 0.1) is 14.2 Å². The van der Waals surface area contributed by atoms with Crippen molar-refractivity contribution in [2.45, 2.75) is 24.9 Å². The molecule has 0 unspecified atom stereocenters. The van der Waals surface area contributed by atoms with Gasteiger partial charge in [0.1, 0.15) is 12.0 Å². The van der Waals surface area contributed by atoms with E-state index in [4.69, 9.17) is 9.47 Å². The van der Waals surface area contributed by atoms with Gasteiger partial charge in [0.15, 0.2) is 0 Å². The number of esters is 2. The number of methoxy groups -OCH3 is 2. The van der Waals surface area contributed by atoms with Crippen LogP contribution in [0.25, 0.3) is 0 Å². The van der Waals surface area contributed by atoms with E-state index in [-0.39, 0.29) is 6.42 Å². The molecule has 0 aliphatic heterocycles. The van der Waals surface area contributed by atoms with Gasteiger partial charge < -0.3 is 20.1 Å². The standard InChI is InChI=1S/C29H30N2O6/c1-36-28(34)24(25(29(35)37-2)31-27(33)22-16-10-5-11-17-22)23(19-18-20-12-6-3-7-13-20)30-26(32)21-14-8-4-9-15-21/h3-17,23-25H,18-19H2,1-2H3,(H,30,32)(H,31,33)/t23-,24-,25-/m0/s1. The van der Waals surface area contributed by atoms with E-state index in [1.165, 1.54) is 14.2 Å². The molecule has 3 aromatic rings. The van der Waals surface area contributed by atoms with Gasteiger partial charge in [0, 0.05) is 17.2 Å². The first kappa shape index (κ1) is 27.1. The molecule has 0 heterocycles. The van der Waals surface area contributed by atoms with Crippen LogP contribution in [0.3, 0.4) is 0 Å². The molecule has 0 aromatic heterocycles. The summed E-state index contributed by atoms with van der Waals surface area (Å²) in [6.07, 6.45) is 0.783. The number of hydrogen-bond acceptors (Lipinski definition) is 6. The molecule has 192 valence electrons. The van der Waals surface area contributed by atoms with Crippen molar-refractivity contribution in [3.05, 3.63) is 108 Å². The van der Waals surface area contributed by atoms with Gasteiger partial charge in [-0.05, 0) is 42.7 Å². The number of rotatable bonds is 11. The molecule has 0 radical (unpaired) electrons. The van der Waals surface area contributed by atoms with Crippen molar-refractivity contribution in [3.8, 4) is 0 Å². The summed E-state index contributed by atoms with van der Waals surface area (Å²) in [7, 11) is 2.36. The first-order chi connectivity index (χ1) is 17.9. The number of carbonyl (C=O) groups is 4. The molecule has 8 nitrogen and oxygen atoms in total. The minimum atomic E-state index is -1.41. The summed E-state index contributed by atoms with van der Waals surface area (Å²) >= 11 is 0. The summed E-state index contributed by atoms with van der Waals surface area (Å²) in [6, 6.07) is 24.1. The maximum Gasteiger partial charge on any atom is 0.329 e. The van der Waals surface area contributed by atoms with Crippen molar-refractivity contribution in [3.63, 3.8) is 0 Å². The third kappa shape index (κ3) is 7.51. The number of benzene rings is 3. The predicted molar refractivity (Wildman–Crippen MR) is 138 cm³/mol. The smallest absolute Gasteiger partial charge is 0.329 e. The van der Waals surface area contributed by atoms with Crippen molar-refractivity contribution in [2.75, 3.05) is 14.2 Å². The molecular formula is C29H30N2O6. The molecule has 0 bridgehead atoms. The number of nitrogens with one attached hydrogen (secondary N) is 2. The molecule has 8 heteroatoms. The van der Waals surface area contributed by atoms with Crippen LogP contribution in [0.2, 0.25) is 0 Å². The normalized spacial score (nSPS) is 12.9. The number of carbonyl (C=O) groups excluding carboxylic acids is 4. The summed E-state index contributed by atoms with van der Waals surface area (Å²) in [5.41, 5.74) is 1.67. The molecular weight excluding hydrogens is 472 g/mol. The highest BCUT2D eigenvalue weighted by Crippen LogP contribution is 2.20. The average Bonchev–Trinajstić information content (AvgIpc) is 2.96. The van der Waals surface area contributed by atoms with Crippen LogP contribution >= 0.6 is 0 Å². The summed E-state index contributed by atoms with van der Waals surface area (Å²) < 4.78 is 10.00. The monoisotopic (exact) mass is 502 g/mol. The molecule has 0 saturated heterocycles. The Morgan fingerprint density at radius 2 is 1.11 bits per heavy atom. The van der Waals surface area contributed by atoms with Crippen molar-refractivity contribution in [1.29, 1.82) is 0 Å². The number of ether oxygens (including phenoxy) is 2. The van der Waals surface area contributed by atoms with Crippen molar-refractivity contribution in [1.82, 2.24) is 10.6 Å². The maximum atomic E-state index is 13.1. The molecule has 0 aliphatic carbocycles. The van der Waals surface area contributed by atoms with Crippen molar-refractivity contribution >= 4 is 23.8 Å². The second-order valence-electron chi connectivity index (χ2n) is 8.36. The first-order valence-electron chi connectivity index (χ1n) is 11.9. The average molecular weight is 503 g/mol. The Bertz CT molecular complexity index is 1180. The third-order valence-corrected chi connectivity index (χ3v) is 5.98. The van der Waals surface area contributed by atoms with Crippen LogP contribution in [-0.2, 0) is 25.5 Å². The molecule has 0 fully saturated rings. The van der Waals surface area contributed by atoms with E-state index in [9.17, 15) is 19.2 Å². The summed E-state index contributed by atoms with van der Waals surface area (Å²) in [4.78, 5) is 52.1. The third-order valence-electron chi connectivity index (χ3n) is 5.98. The summed E-state index contributed by atoms with van der Waals surface area (Å²) in [5.74, 6) is -3.86. The van der Waals surface area contributed by atoms with E-state index in [1.54, 1.807) is 60.7 Å². The van der Waals surface area contributed by atoms with Crippen LogP contribution in [-0.4, -0.2) is 50.1 Å². The van der Waals surface area contributed by atoms with Crippen LogP contribution < -0.4 is 10.6 Å². The second-order valence-corrected chi connectivity index (χ2v) is 8.36. The van der Waals surface area contributed by atoms with E-state index in [0.29, 0.717) is 17.5 Å². The molecule has 0 saturated carbocycles. The molecule has 3 aromatic carbocycles. The maximum absolute atomic E-state index is 13.1. The molecule has 0 spiro atoms. The highest BCUT2D eigenvalue weighted by Gasteiger charge is 2.43. The zero-order valence-electron chi connectivity index (χ0n) is 20.8. The van der Waals surface area contributed by atoms with Crippen LogP contribution in [0.15, 0.2) is 91.0 Å². The molecule has 37 heavy (non-hydrogen) atoms. The Morgan fingerprint density at radius 1 is 0.649 bits per heavy atom. The van der Waals surface area contributed by atoms with Crippen molar-refractivity contribution < 1.29 is 28.7 Å². The fourth-order valence-electron chi connectivity index (χ4n) is 4.05. The second kappa shape index (κ2) is 13.6. The SMILES string of the molecule is COC(=O)[C@@H]([C@H](CCc1ccccc1)NC(=O)c1ccccc1)[C@H](NC(=O)c1ccccc1)C(=O)OC. The van der Waals surface area contributed by atoms with Crippen LogP contribution in [0.4, 0.5) is 0 Å². The van der Waals surface area contributed by atoms with E-state index >= 15 is 0 Å². The zero-order valence-corrected chi connectivity index (χ0v) is 20.8. The minimum Gasteiger partial charge on any atom is -0.469 e. The van der Waals surface area contributed by atoms with Gasteiger partial charge >= 0.3 is 11.9 Å². The number of hydrogen-bond donors (Lipinski definition) is 2. The van der Waals surface area contributed by atoms with Gasteiger partial charge in [-0.25, -0.2) is 4.79 Å². The lowest BCUT2D eigenvalue weighted by atomic mass is 9.86. The van der Waals surface area contributed by atoms with E-state index in [1.807, 2.05) is 30.3 Å². The fraction of sp³-hybridized carbons (Fsp3) is 0.241. The predicted octanol–water partition coefficient (Wildman–Crippen LogP) is 3.18. The zero-order chi connectivity index (χ0) is 26.6. The first-order valence-corrected chi connectivity index (χ1v) is 11.9. The van der Waals surface area contributed by atoms with Crippen LogP contribution in [0.5, 0.6) is 0 Å². The Labute approximate surface area is 216 Å². The lowest BCUT2D eigenvalue weighted by Crippen LogP contribution is -2.57. The van der Waals surface area contributed by atoms with Gasteiger partial charge in [0.25, 0.3) is 11.8 Å². The van der Waals surface area contributed by atoms with Gasteiger partial charge in [-0.1, -0.05) is 66.7 Å². The van der Waals surface area contributed by atoms with E-state index < -0.39 is 41.8 Å². The topological polar surface area (TPSA) is 111 Å². The quantitative estimate of drug-likeness (QED) is 0.390. The Kier molecular flexibility index (Phi) is 9.96. The molecule has 0 aliphatic rings. The summed E-state index contributed by atoms with van der Waals surface area (Å²) in [6.45, 7) is 0. The summed E-state index contributed by atoms with van der Waals surface area (Å²) in [5, 5.41) is 5.52. The number of aryl methyl sites for hydroxylation is 1. The largest absolute Gasteiger partial charge is 0.469 e. The van der Waals surface area contributed by atoms with E-state index in [0.717, 1.165) is 5.56 Å². The molecule has 3 atom stereocenters. The Hall–Kier alpha value is -4.46.